The number of alkyl halides is 2. The highest BCUT2D eigenvalue weighted by Crippen LogP contribution is 2.23. The van der Waals surface area contributed by atoms with E-state index in [9.17, 15) is 13.6 Å². The van der Waals surface area contributed by atoms with E-state index in [-0.39, 0.29) is 5.56 Å². The van der Waals surface area contributed by atoms with E-state index in [1.807, 2.05) is 4.90 Å². The van der Waals surface area contributed by atoms with Crippen molar-refractivity contribution in [2.75, 3.05) is 31.2 Å². The van der Waals surface area contributed by atoms with Crippen LogP contribution >= 0.6 is 0 Å². The van der Waals surface area contributed by atoms with Crippen LogP contribution in [-0.4, -0.2) is 38.5 Å². The number of anilines is 1. The minimum absolute atomic E-state index is 0.0874. The molecule has 1 aromatic rings. The van der Waals surface area contributed by atoms with Crippen molar-refractivity contribution in [1.82, 2.24) is 0 Å². The number of benzene rings is 1. The molecule has 0 aliphatic carbocycles. The van der Waals surface area contributed by atoms with Gasteiger partial charge < -0.3 is 9.64 Å². The van der Waals surface area contributed by atoms with Crippen LogP contribution in [0, 0.1) is 0 Å². The molecule has 0 spiro atoms. The highest BCUT2D eigenvalue weighted by molar-refractivity contribution is 6.03. The molecule has 0 N–H and O–H groups in total. The first-order valence-electron chi connectivity index (χ1n) is 5.44. The van der Waals surface area contributed by atoms with Crippen LogP contribution in [0.4, 0.5) is 14.5 Å². The summed E-state index contributed by atoms with van der Waals surface area (Å²) in [7, 11) is 0. The third-order valence-corrected chi connectivity index (χ3v) is 2.72. The molecule has 0 atom stereocenters. The number of carbonyl (C=O) groups excluding carboxylic acids is 1. The van der Waals surface area contributed by atoms with Gasteiger partial charge in [-0.25, -0.2) is 8.78 Å². The van der Waals surface area contributed by atoms with E-state index in [0.717, 1.165) is 0 Å². The Morgan fingerprint density at radius 3 is 2.53 bits per heavy atom. The largest absolute Gasteiger partial charge is 0.378 e. The monoisotopic (exact) mass is 241 g/mol. The minimum atomic E-state index is -2.96. The zero-order valence-electron chi connectivity index (χ0n) is 9.23. The van der Waals surface area contributed by atoms with Gasteiger partial charge in [0, 0.05) is 24.3 Å². The summed E-state index contributed by atoms with van der Waals surface area (Å²) < 4.78 is 30.1. The lowest BCUT2D eigenvalue weighted by Crippen LogP contribution is -2.37. The Morgan fingerprint density at radius 2 is 1.88 bits per heavy atom. The van der Waals surface area contributed by atoms with Gasteiger partial charge in [0.2, 0.25) is 5.78 Å². The number of carbonyl (C=O) groups is 1. The van der Waals surface area contributed by atoms with Gasteiger partial charge in [0.05, 0.1) is 13.2 Å². The molecule has 1 aliphatic rings. The maximum Gasteiger partial charge on any atom is 0.300 e. The molecule has 1 saturated heterocycles. The van der Waals surface area contributed by atoms with Crippen molar-refractivity contribution in [3.05, 3.63) is 29.8 Å². The molecule has 0 saturated carbocycles. The van der Waals surface area contributed by atoms with E-state index in [1.165, 1.54) is 6.07 Å². The van der Waals surface area contributed by atoms with Crippen molar-refractivity contribution in [1.29, 1.82) is 0 Å². The summed E-state index contributed by atoms with van der Waals surface area (Å²) >= 11 is 0. The smallest absolute Gasteiger partial charge is 0.300 e. The summed E-state index contributed by atoms with van der Waals surface area (Å²) in [6.45, 7) is 2.34. The Labute approximate surface area is 98.0 Å². The topological polar surface area (TPSA) is 29.5 Å². The summed E-state index contributed by atoms with van der Waals surface area (Å²) in [4.78, 5) is 13.3. The van der Waals surface area contributed by atoms with Gasteiger partial charge in [-0.2, -0.15) is 0 Å². The Kier molecular flexibility index (Phi) is 3.68. The first kappa shape index (κ1) is 12.0. The molecule has 5 heteroatoms. The average Bonchev–Trinajstić information content (AvgIpc) is 2.39. The Hall–Kier alpha value is -1.49. The fourth-order valence-electron chi connectivity index (χ4n) is 1.88. The SMILES string of the molecule is O=C(c1ccccc1N1CCOCC1)C(F)F. The van der Waals surface area contributed by atoms with Crippen LogP contribution < -0.4 is 4.90 Å². The number of ether oxygens (including phenoxy) is 1. The van der Waals surface area contributed by atoms with Gasteiger partial charge in [0.1, 0.15) is 0 Å². The Morgan fingerprint density at radius 1 is 1.24 bits per heavy atom. The van der Waals surface area contributed by atoms with E-state index < -0.39 is 12.2 Å². The number of Topliss-reactive ketones (excluding diaryl/α,β-unsaturated/α-hetero) is 1. The van der Waals surface area contributed by atoms with Crippen LogP contribution in [-0.2, 0) is 4.74 Å². The van der Waals surface area contributed by atoms with Crippen LogP contribution in [0.3, 0.4) is 0 Å². The van der Waals surface area contributed by atoms with Gasteiger partial charge in [-0.15, -0.1) is 0 Å². The Bertz CT molecular complexity index is 403. The molecule has 1 aliphatic heterocycles. The van der Waals surface area contributed by atoms with E-state index in [4.69, 9.17) is 4.74 Å². The molecule has 0 unspecified atom stereocenters. The first-order chi connectivity index (χ1) is 8.20. The van der Waals surface area contributed by atoms with Crippen molar-refractivity contribution < 1.29 is 18.3 Å². The van der Waals surface area contributed by atoms with Crippen molar-refractivity contribution in [3.8, 4) is 0 Å². The predicted octanol–water partition coefficient (Wildman–Crippen LogP) is 1.97. The fraction of sp³-hybridized carbons (Fsp3) is 0.417. The molecule has 1 aromatic carbocycles. The van der Waals surface area contributed by atoms with Crippen molar-refractivity contribution in [2.24, 2.45) is 0 Å². The zero-order chi connectivity index (χ0) is 12.3. The van der Waals surface area contributed by atoms with Crippen LogP contribution in [0.5, 0.6) is 0 Å². The second kappa shape index (κ2) is 5.23. The van der Waals surface area contributed by atoms with Crippen LogP contribution in [0.25, 0.3) is 0 Å². The number of morpholine rings is 1. The second-order valence-electron chi connectivity index (χ2n) is 3.78. The quantitative estimate of drug-likeness (QED) is 0.758. The number of hydrogen-bond donors (Lipinski definition) is 0. The van der Waals surface area contributed by atoms with E-state index >= 15 is 0 Å². The fourth-order valence-corrected chi connectivity index (χ4v) is 1.88. The van der Waals surface area contributed by atoms with Gasteiger partial charge in [-0.1, -0.05) is 12.1 Å². The third kappa shape index (κ3) is 2.61. The molecule has 0 amide bonds. The molecular formula is C12H13F2NO2. The van der Waals surface area contributed by atoms with Crippen LogP contribution in [0.15, 0.2) is 24.3 Å². The first-order valence-corrected chi connectivity index (χ1v) is 5.44. The number of ketones is 1. The molecule has 1 heterocycles. The minimum Gasteiger partial charge on any atom is -0.378 e. The lowest BCUT2D eigenvalue weighted by Gasteiger charge is -2.30. The summed E-state index contributed by atoms with van der Waals surface area (Å²) in [6.07, 6.45) is -2.96. The number of para-hydroxylation sites is 1. The van der Waals surface area contributed by atoms with Crippen LogP contribution in [0.2, 0.25) is 0 Å². The average molecular weight is 241 g/mol. The van der Waals surface area contributed by atoms with Crippen molar-refractivity contribution in [3.63, 3.8) is 0 Å². The molecule has 3 nitrogen and oxygen atoms in total. The van der Waals surface area contributed by atoms with Gasteiger partial charge in [0.25, 0.3) is 0 Å². The van der Waals surface area contributed by atoms with E-state index in [2.05, 4.69) is 0 Å². The van der Waals surface area contributed by atoms with Gasteiger partial charge >= 0.3 is 6.43 Å². The summed E-state index contributed by atoms with van der Waals surface area (Å²) in [5.74, 6) is -1.12. The maximum absolute atomic E-state index is 12.5. The van der Waals surface area contributed by atoms with Gasteiger partial charge in [-0.05, 0) is 12.1 Å². The molecule has 0 aromatic heterocycles. The Balaban J connectivity index is 2.29. The maximum atomic E-state index is 12.5. The third-order valence-electron chi connectivity index (χ3n) is 2.72. The van der Waals surface area contributed by atoms with Gasteiger partial charge in [-0.3, -0.25) is 4.79 Å². The lowest BCUT2D eigenvalue weighted by atomic mass is 10.1. The van der Waals surface area contributed by atoms with Crippen LogP contribution in [0.1, 0.15) is 10.4 Å². The molecular weight excluding hydrogens is 228 g/mol. The number of rotatable bonds is 3. The second-order valence-corrected chi connectivity index (χ2v) is 3.78. The van der Waals surface area contributed by atoms with E-state index in [1.54, 1.807) is 18.2 Å². The summed E-state index contributed by atoms with van der Waals surface area (Å²) in [6, 6.07) is 6.48. The van der Waals surface area contributed by atoms with Gasteiger partial charge in [0.15, 0.2) is 0 Å². The highest BCUT2D eigenvalue weighted by atomic mass is 19.3. The molecule has 0 radical (unpaired) electrons. The van der Waals surface area contributed by atoms with Crippen molar-refractivity contribution >= 4 is 11.5 Å². The molecule has 0 bridgehead atoms. The number of hydrogen-bond acceptors (Lipinski definition) is 3. The summed E-state index contributed by atoms with van der Waals surface area (Å²) in [5.41, 5.74) is 0.658. The lowest BCUT2D eigenvalue weighted by molar-refractivity contribution is 0.0678. The normalized spacial score (nSPS) is 16.3. The number of nitrogens with zero attached hydrogens (tertiary/aromatic N) is 1. The predicted molar refractivity (Wildman–Crippen MR) is 59.8 cm³/mol. The number of halogens is 2. The molecule has 2 rings (SSSR count). The molecule has 1 fully saturated rings. The molecule has 92 valence electrons. The standard InChI is InChI=1S/C12H13F2NO2/c13-12(14)11(16)9-3-1-2-4-10(9)15-5-7-17-8-6-15/h1-4,12H,5-8H2. The van der Waals surface area contributed by atoms with Crippen molar-refractivity contribution in [2.45, 2.75) is 6.43 Å². The zero-order valence-corrected chi connectivity index (χ0v) is 9.23. The molecule has 17 heavy (non-hydrogen) atoms. The van der Waals surface area contributed by atoms with E-state index in [0.29, 0.717) is 32.0 Å². The highest BCUT2D eigenvalue weighted by Gasteiger charge is 2.23. The summed E-state index contributed by atoms with van der Waals surface area (Å²) in [5, 5.41) is 0.